The lowest BCUT2D eigenvalue weighted by molar-refractivity contribution is 0.0802. The predicted molar refractivity (Wildman–Crippen MR) is 180 cm³/mol. The molecule has 4 aromatic carbocycles. The van der Waals surface area contributed by atoms with Crippen LogP contribution in [-0.2, 0) is 21.6 Å². The topological polar surface area (TPSA) is 35.5 Å². The molecule has 1 atom stereocenters. The van der Waals surface area contributed by atoms with Gasteiger partial charge in [-0.15, -0.1) is 0 Å². The molecule has 0 spiro atoms. The lowest BCUT2D eigenvalue weighted by atomic mass is 9.78. The second-order valence-corrected chi connectivity index (χ2v) is 14.0. The Labute approximate surface area is 262 Å². The molecule has 228 valence electrons. The summed E-state index contributed by atoms with van der Waals surface area (Å²) in [5.41, 5.74) is 3.57. The summed E-state index contributed by atoms with van der Waals surface area (Å²) in [5, 5.41) is 0. The van der Waals surface area contributed by atoms with Crippen LogP contribution in [0.3, 0.4) is 0 Å². The van der Waals surface area contributed by atoms with E-state index in [1.165, 1.54) is 16.7 Å². The summed E-state index contributed by atoms with van der Waals surface area (Å²) in [6.07, 6.45) is 4.10. The lowest BCUT2D eigenvalue weighted by Crippen LogP contribution is -2.30. The van der Waals surface area contributed by atoms with E-state index < -0.39 is 10.8 Å². The zero-order chi connectivity index (χ0) is 31.3. The maximum atomic E-state index is 13.2. The van der Waals surface area contributed by atoms with Crippen LogP contribution in [-0.4, -0.2) is 9.81 Å². The van der Waals surface area contributed by atoms with Gasteiger partial charge in [0.1, 0.15) is 22.8 Å². The van der Waals surface area contributed by atoms with Crippen molar-refractivity contribution in [3.8, 4) is 17.2 Å². The molecule has 0 amide bonds. The molecule has 0 aromatic heterocycles. The first-order valence-corrected chi connectivity index (χ1v) is 16.8. The first-order valence-electron chi connectivity index (χ1n) is 15.7. The number of hydrogen-bond acceptors (Lipinski definition) is 3. The molecule has 0 fully saturated rings. The van der Waals surface area contributed by atoms with Gasteiger partial charge in [0.05, 0.1) is 10.8 Å². The van der Waals surface area contributed by atoms with Crippen LogP contribution in [0.2, 0.25) is 0 Å². The zero-order valence-corrected chi connectivity index (χ0v) is 28.0. The summed E-state index contributed by atoms with van der Waals surface area (Å²) in [7, 11) is -1.24. The van der Waals surface area contributed by atoms with Crippen LogP contribution in [0.4, 0.5) is 0 Å². The Morgan fingerprint density at radius 1 is 0.512 bits per heavy atom. The predicted octanol–water partition coefficient (Wildman–Crippen LogP) is 11.0. The third kappa shape index (κ3) is 7.41. The van der Waals surface area contributed by atoms with E-state index in [1.807, 2.05) is 48.5 Å². The normalized spacial score (nSPS) is 13.0. The van der Waals surface area contributed by atoms with Crippen LogP contribution in [0.1, 0.15) is 97.8 Å². The highest BCUT2D eigenvalue weighted by Crippen LogP contribution is 2.35. The van der Waals surface area contributed by atoms with Crippen molar-refractivity contribution in [2.75, 3.05) is 0 Å². The highest BCUT2D eigenvalue weighted by atomic mass is 32.2. The summed E-state index contributed by atoms with van der Waals surface area (Å²) < 4.78 is 25.7. The van der Waals surface area contributed by atoms with Gasteiger partial charge in [0.15, 0.2) is 0 Å². The standard InChI is InChI=1S/C39H48O3S/c1-9-38(7,10-2)31-17-25-35(26-18-31)43(40)36-27-23-33(24-28-36)41-32-19-13-29(14-20-32)37(5,6)30-15-21-34(22-16-30)42-39(8,11-3)12-4/h13-28H,9-12H2,1-8H3. The van der Waals surface area contributed by atoms with E-state index in [1.54, 1.807) is 0 Å². The highest BCUT2D eigenvalue weighted by Gasteiger charge is 2.25. The van der Waals surface area contributed by atoms with Crippen LogP contribution in [0, 0.1) is 0 Å². The Kier molecular flexibility index (Phi) is 10.2. The molecule has 0 aliphatic rings. The second kappa shape index (κ2) is 13.5. The average Bonchev–Trinajstić information content (AvgIpc) is 3.05. The molecule has 0 aliphatic heterocycles. The summed E-state index contributed by atoms with van der Waals surface area (Å²) in [6.45, 7) is 17.7. The minimum Gasteiger partial charge on any atom is -0.488 e. The molecule has 4 aromatic rings. The Morgan fingerprint density at radius 2 is 0.884 bits per heavy atom. The largest absolute Gasteiger partial charge is 0.488 e. The number of ether oxygens (including phenoxy) is 2. The van der Waals surface area contributed by atoms with Crippen molar-refractivity contribution in [2.45, 2.75) is 107 Å². The maximum absolute atomic E-state index is 13.2. The number of benzene rings is 4. The summed E-state index contributed by atoms with van der Waals surface area (Å²) >= 11 is 0. The van der Waals surface area contributed by atoms with Crippen molar-refractivity contribution in [3.63, 3.8) is 0 Å². The summed E-state index contributed by atoms with van der Waals surface area (Å²) in [4.78, 5) is 1.57. The molecule has 4 heteroatoms. The molecule has 4 rings (SSSR count). The third-order valence-corrected chi connectivity index (χ3v) is 11.0. The quantitative estimate of drug-likeness (QED) is 0.154. The van der Waals surface area contributed by atoms with Gasteiger partial charge in [-0.1, -0.05) is 84.9 Å². The zero-order valence-electron chi connectivity index (χ0n) is 27.2. The maximum Gasteiger partial charge on any atom is 0.127 e. The fraction of sp³-hybridized carbons (Fsp3) is 0.385. The van der Waals surface area contributed by atoms with Crippen molar-refractivity contribution in [1.82, 2.24) is 0 Å². The SMILES string of the molecule is CCC(C)(CC)Oc1ccc(C(C)(C)c2ccc(Oc3ccc(S(=O)c4ccc(C(C)(CC)CC)cc4)cc3)cc2)cc1. The average molecular weight is 597 g/mol. The van der Waals surface area contributed by atoms with Crippen molar-refractivity contribution < 1.29 is 13.7 Å². The molecule has 0 heterocycles. The van der Waals surface area contributed by atoms with Crippen LogP contribution in [0.5, 0.6) is 17.2 Å². The van der Waals surface area contributed by atoms with Gasteiger partial charge in [0.2, 0.25) is 0 Å². The van der Waals surface area contributed by atoms with Crippen LogP contribution in [0.25, 0.3) is 0 Å². The second-order valence-electron chi connectivity index (χ2n) is 12.6. The van der Waals surface area contributed by atoms with Crippen molar-refractivity contribution in [3.05, 3.63) is 114 Å². The highest BCUT2D eigenvalue weighted by molar-refractivity contribution is 7.85. The Morgan fingerprint density at radius 3 is 1.30 bits per heavy atom. The Balaban J connectivity index is 1.40. The summed E-state index contributed by atoms with van der Waals surface area (Å²) in [6, 6.07) is 32.6. The van der Waals surface area contributed by atoms with E-state index in [0.717, 1.165) is 47.0 Å². The van der Waals surface area contributed by atoms with Crippen LogP contribution in [0.15, 0.2) is 107 Å². The molecule has 0 N–H and O–H groups in total. The van der Waals surface area contributed by atoms with Gasteiger partial charge in [-0.2, -0.15) is 0 Å². The molecule has 0 radical (unpaired) electrons. The molecule has 0 aliphatic carbocycles. The van der Waals surface area contributed by atoms with E-state index in [9.17, 15) is 4.21 Å². The van der Waals surface area contributed by atoms with Gasteiger partial charge in [-0.3, -0.25) is 0 Å². The fourth-order valence-electron chi connectivity index (χ4n) is 5.27. The van der Waals surface area contributed by atoms with Crippen molar-refractivity contribution in [2.24, 2.45) is 0 Å². The Bertz CT molecular complexity index is 1480. The number of hydrogen-bond donors (Lipinski definition) is 0. The molecule has 43 heavy (non-hydrogen) atoms. The van der Waals surface area contributed by atoms with E-state index in [2.05, 4.69) is 104 Å². The van der Waals surface area contributed by atoms with Crippen molar-refractivity contribution in [1.29, 1.82) is 0 Å². The molecule has 0 saturated carbocycles. The van der Waals surface area contributed by atoms with E-state index in [4.69, 9.17) is 9.47 Å². The van der Waals surface area contributed by atoms with Gasteiger partial charge >= 0.3 is 0 Å². The smallest absolute Gasteiger partial charge is 0.127 e. The monoisotopic (exact) mass is 596 g/mol. The molecular weight excluding hydrogens is 548 g/mol. The van der Waals surface area contributed by atoms with Gasteiger partial charge in [0, 0.05) is 15.2 Å². The minimum absolute atomic E-state index is 0.137. The van der Waals surface area contributed by atoms with E-state index >= 15 is 0 Å². The molecular formula is C39H48O3S. The first-order chi connectivity index (χ1) is 20.5. The van der Waals surface area contributed by atoms with Gasteiger partial charge in [-0.25, -0.2) is 4.21 Å². The third-order valence-electron chi connectivity index (χ3n) is 9.61. The van der Waals surface area contributed by atoms with Crippen LogP contribution < -0.4 is 9.47 Å². The van der Waals surface area contributed by atoms with Gasteiger partial charge in [-0.05, 0) is 115 Å². The molecule has 0 saturated heterocycles. The van der Waals surface area contributed by atoms with Gasteiger partial charge < -0.3 is 9.47 Å². The van der Waals surface area contributed by atoms with E-state index in [-0.39, 0.29) is 16.4 Å². The molecule has 0 bridgehead atoms. The molecule has 3 nitrogen and oxygen atoms in total. The number of rotatable bonds is 13. The first kappa shape index (κ1) is 32.5. The van der Waals surface area contributed by atoms with Crippen LogP contribution >= 0.6 is 0 Å². The molecule has 1 unspecified atom stereocenters. The summed E-state index contributed by atoms with van der Waals surface area (Å²) in [5.74, 6) is 2.39. The van der Waals surface area contributed by atoms with E-state index in [0.29, 0.717) is 5.75 Å². The van der Waals surface area contributed by atoms with Gasteiger partial charge in [0.25, 0.3) is 0 Å². The minimum atomic E-state index is -1.24. The van der Waals surface area contributed by atoms with Crippen molar-refractivity contribution >= 4 is 10.8 Å². The lowest BCUT2D eigenvalue weighted by Gasteiger charge is -2.30. The fourth-order valence-corrected chi connectivity index (χ4v) is 6.31. The Hall–Kier alpha value is -3.37.